The average Bonchev–Trinajstić information content (AvgIpc) is 2.49. The highest BCUT2D eigenvalue weighted by molar-refractivity contribution is 7.99. The lowest BCUT2D eigenvalue weighted by Gasteiger charge is -2.09. The molecule has 4 nitrogen and oxygen atoms in total. The summed E-state index contributed by atoms with van der Waals surface area (Å²) in [6.07, 6.45) is 1.59. The molecule has 0 amide bonds. The van der Waals surface area contributed by atoms with E-state index in [1.807, 2.05) is 25.3 Å². The minimum Gasteiger partial charge on any atom is -0.476 e. The Labute approximate surface area is 87.3 Å². The second-order valence-corrected chi connectivity index (χ2v) is 4.38. The van der Waals surface area contributed by atoms with E-state index < -0.39 is 5.97 Å². The first-order valence-electron chi connectivity index (χ1n) is 4.51. The van der Waals surface area contributed by atoms with Crippen LogP contribution in [0.3, 0.4) is 0 Å². The summed E-state index contributed by atoms with van der Waals surface area (Å²) < 4.78 is 1.89. The molecule has 0 aromatic carbocycles. The van der Waals surface area contributed by atoms with Gasteiger partial charge in [0.05, 0.1) is 0 Å². The molecule has 0 fully saturated rings. The maximum Gasteiger partial charge on any atom is 0.356 e. The summed E-state index contributed by atoms with van der Waals surface area (Å²) in [4.78, 5) is 14.8. The van der Waals surface area contributed by atoms with Crippen LogP contribution in [0.15, 0.2) is 11.4 Å². The summed E-state index contributed by atoms with van der Waals surface area (Å²) in [5, 5.41) is 9.57. The Kier molecular flexibility index (Phi) is 3.57. The van der Waals surface area contributed by atoms with Crippen molar-refractivity contribution in [2.45, 2.75) is 32.0 Å². The van der Waals surface area contributed by atoms with E-state index in [-0.39, 0.29) is 11.7 Å². The number of hydrogen-bond donors (Lipinski definition) is 1. The van der Waals surface area contributed by atoms with Gasteiger partial charge in [0.15, 0.2) is 10.9 Å². The van der Waals surface area contributed by atoms with E-state index in [0.29, 0.717) is 0 Å². The first-order valence-corrected chi connectivity index (χ1v) is 5.49. The van der Waals surface area contributed by atoms with Gasteiger partial charge in [0, 0.05) is 12.2 Å². The van der Waals surface area contributed by atoms with E-state index in [2.05, 4.69) is 4.98 Å². The first-order chi connectivity index (χ1) is 6.56. The highest BCUT2D eigenvalue weighted by Crippen LogP contribution is 2.21. The van der Waals surface area contributed by atoms with E-state index in [1.54, 1.807) is 18.0 Å². The molecule has 1 N–H and O–H groups in total. The fourth-order valence-electron chi connectivity index (χ4n) is 1.09. The van der Waals surface area contributed by atoms with Crippen molar-refractivity contribution in [3.05, 3.63) is 11.9 Å². The van der Waals surface area contributed by atoms with Gasteiger partial charge in [-0.25, -0.2) is 9.78 Å². The first kappa shape index (κ1) is 11.1. The zero-order valence-electron chi connectivity index (χ0n) is 8.52. The number of aromatic carboxylic acids is 1. The van der Waals surface area contributed by atoms with Gasteiger partial charge in [-0.2, -0.15) is 0 Å². The van der Waals surface area contributed by atoms with Crippen LogP contribution < -0.4 is 0 Å². The third kappa shape index (κ3) is 2.29. The second kappa shape index (κ2) is 4.50. The number of thioether (sulfide) groups is 1. The Morgan fingerprint density at radius 2 is 2.36 bits per heavy atom. The lowest BCUT2D eigenvalue weighted by atomic mass is 10.4. The van der Waals surface area contributed by atoms with Crippen LogP contribution >= 0.6 is 11.8 Å². The van der Waals surface area contributed by atoms with Gasteiger partial charge in [-0.05, 0) is 19.6 Å². The van der Waals surface area contributed by atoms with Crippen molar-refractivity contribution in [1.82, 2.24) is 9.55 Å². The zero-order valence-corrected chi connectivity index (χ0v) is 9.34. The van der Waals surface area contributed by atoms with Crippen LogP contribution in [-0.2, 0) is 0 Å². The van der Waals surface area contributed by atoms with Crippen molar-refractivity contribution >= 4 is 17.7 Å². The van der Waals surface area contributed by atoms with Gasteiger partial charge in [-0.3, -0.25) is 0 Å². The third-order valence-corrected chi connectivity index (χ3v) is 2.60. The molecule has 5 heteroatoms. The van der Waals surface area contributed by atoms with Crippen molar-refractivity contribution in [1.29, 1.82) is 0 Å². The summed E-state index contributed by atoms with van der Waals surface area (Å²) in [5.41, 5.74) is 0.120. The Morgan fingerprint density at radius 3 is 2.79 bits per heavy atom. The van der Waals surface area contributed by atoms with Crippen LogP contribution in [0.5, 0.6) is 0 Å². The summed E-state index contributed by atoms with van der Waals surface area (Å²) in [6, 6.07) is 0.240. The Hall–Kier alpha value is -0.970. The Bertz CT molecular complexity index is 334. The number of rotatable bonds is 4. The predicted octanol–water partition coefficient (Wildman–Crippen LogP) is 2.27. The summed E-state index contributed by atoms with van der Waals surface area (Å²) >= 11 is 1.56. The Morgan fingerprint density at radius 1 is 1.71 bits per heavy atom. The smallest absolute Gasteiger partial charge is 0.356 e. The molecule has 78 valence electrons. The van der Waals surface area contributed by atoms with Crippen LogP contribution in [0, 0.1) is 0 Å². The maximum absolute atomic E-state index is 10.7. The fraction of sp³-hybridized carbons (Fsp3) is 0.556. The zero-order chi connectivity index (χ0) is 10.7. The average molecular weight is 214 g/mol. The molecule has 0 aliphatic heterocycles. The van der Waals surface area contributed by atoms with Gasteiger partial charge >= 0.3 is 5.97 Å². The fourth-order valence-corrected chi connectivity index (χ4v) is 1.92. The molecule has 0 saturated heterocycles. The van der Waals surface area contributed by atoms with Gasteiger partial charge in [0.25, 0.3) is 0 Å². The number of carbonyl (C=O) groups is 1. The van der Waals surface area contributed by atoms with Crippen molar-refractivity contribution in [3.63, 3.8) is 0 Å². The summed E-state index contributed by atoms with van der Waals surface area (Å²) in [7, 11) is 0. The lowest BCUT2D eigenvalue weighted by Crippen LogP contribution is -2.00. The van der Waals surface area contributed by atoms with Crippen LogP contribution in [0.4, 0.5) is 0 Å². The van der Waals surface area contributed by atoms with Gasteiger partial charge in [-0.15, -0.1) is 0 Å². The number of carboxylic acid groups (broad SMARTS) is 1. The van der Waals surface area contributed by atoms with Crippen molar-refractivity contribution in [3.8, 4) is 0 Å². The van der Waals surface area contributed by atoms with E-state index in [9.17, 15) is 4.79 Å². The Balaban J connectivity index is 3.05. The van der Waals surface area contributed by atoms with Crippen molar-refractivity contribution in [2.24, 2.45) is 0 Å². The normalized spacial score (nSPS) is 10.9. The largest absolute Gasteiger partial charge is 0.476 e. The SMILES string of the molecule is CCSc1nc(C(=O)O)cn1C(C)C. The van der Waals surface area contributed by atoms with Crippen molar-refractivity contribution in [2.75, 3.05) is 5.75 Å². The van der Waals surface area contributed by atoms with Crippen LogP contribution in [0.2, 0.25) is 0 Å². The number of imidazole rings is 1. The molecule has 0 aliphatic carbocycles. The van der Waals surface area contributed by atoms with Gasteiger partial charge in [-0.1, -0.05) is 18.7 Å². The molecule has 0 saturated carbocycles. The molecule has 0 bridgehead atoms. The molecule has 1 heterocycles. The van der Waals surface area contributed by atoms with Crippen LogP contribution in [0.1, 0.15) is 37.3 Å². The molecule has 1 aromatic rings. The second-order valence-electron chi connectivity index (χ2n) is 3.15. The third-order valence-electron chi connectivity index (χ3n) is 1.75. The van der Waals surface area contributed by atoms with E-state index in [0.717, 1.165) is 10.9 Å². The number of nitrogens with zero attached hydrogens (tertiary/aromatic N) is 2. The quantitative estimate of drug-likeness (QED) is 0.781. The molecule has 1 aromatic heterocycles. The number of carboxylic acids is 1. The molecule has 0 atom stereocenters. The maximum atomic E-state index is 10.7. The highest BCUT2D eigenvalue weighted by atomic mass is 32.2. The van der Waals surface area contributed by atoms with E-state index >= 15 is 0 Å². The van der Waals surface area contributed by atoms with E-state index in [4.69, 9.17) is 5.11 Å². The topological polar surface area (TPSA) is 55.1 Å². The minimum absolute atomic E-state index is 0.120. The van der Waals surface area contributed by atoms with Gasteiger partial charge in [0.1, 0.15) is 0 Å². The number of hydrogen-bond acceptors (Lipinski definition) is 3. The standard InChI is InChI=1S/C9H14N2O2S/c1-4-14-9-10-7(8(12)13)5-11(9)6(2)3/h5-6H,4H2,1-3H3,(H,12,13). The van der Waals surface area contributed by atoms with Crippen LogP contribution in [-0.4, -0.2) is 26.4 Å². The van der Waals surface area contributed by atoms with Crippen LogP contribution in [0.25, 0.3) is 0 Å². The molecular formula is C9H14N2O2S. The molecule has 0 radical (unpaired) electrons. The van der Waals surface area contributed by atoms with E-state index in [1.165, 1.54) is 0 Å². The monoisotopic (exact) mass is 214 g/mol. The molecule has 14 heavy (non-hydrogen) atoms. The molecular weight excluding hydrogens is 200 g/mol. The predicted molar refractivity (Wildman–Crippen MR) is 56.0 cm³/mol. The molecule has 0 unspecified atom stereocenters. The molecule has 1 rings (SSSR count). The molecule has 0 spiro atoms. The van der Waals surface area contributed by atoms with Gasteiger partial charge in [0.2, 0.25) is 0 Å². The lowest BCUT2D eigenvalue weighted by molar-refractivity contribution is 0.0690. The summed E-state index contributed by atoms with van der Waals surface area (Å²) in [5.74, 6) is -0.0784. The summed E-state index contributed by atoms with van der Waals surface area (Å²) in [6.45, 7) is 6.03. The highest BCUT2D eigenvalue weighted by Gasteiger charge is 2.14. The van der Waals surface area contributed by atoms with Gasteiger partial charge < -0.3 is 9.67 Å². The number of aromatic nitrogens is 2. The van der Waals surface area contributed by atoms with Crippen molar-refractivity contribution < 1.29 is 9.90 Å². The molecule has 0 aliphatic rings. The minimum atomic E-state index is -0.970.